The van der Waals surface area contributed by atoms with Crippen molar-refractivity contribution >= 4 is 28.3 Å². The van der Waals surface area contributed by atoms with E-state index in [1.54, 1.807) is 4.31 Å². The molecule has 2 N–H and O–H groups in total. The molecule has 2 saturated heterocycles. The van der Waals surface area contributed by atoms with E-state index >= 15 is 0 Å². The Labute approximate surface area is 146 Å². The third-order valence-electron chi connectivity index (χ3n) is 4.81. The summed E-state index contributed by atoms with van der Waals surface area (Å²) < 4.78 is 25.8. The van der Waals surface area contributed by atoms with Gasteiger partial charge in [-0.2, -0.15) is 0 Å². The molecule has 6 nitrogen and oxygen atoms in total. The number of sulfonamides is 1. The fraction of sp³-hybridized carbons (Fsp3) is 0.933. The summed E-state index contributed by atoms with van der Waals surface area (Å²) in [6.45, 7) is 4.76. The van der Waals surface area contributed by atoms with Gasteiger partial charge in [-0.15, -0.1) is 12.4 Å². The van der Waals surface area contributed by atoms with Crippen LogP contribution < -0.4 is 5.73 Å². The standard InChI is InChI=1S/C15H29N3O3S.ClH/c1-13(16)14-6-4-8-17(12-14)15(19)7-5-11-22(20,21)18-9-2-3-10-18;/h13-14H,2-12,16H2,1H3;1H. The van der Waals surface area contributed by atoms with Crippen LogP contribution in [0.1, 0.15) is 45.4 Å². The van der Waals surface area contributed by atoms with E-state index in [4.69, 9.17) is 5.73 Å². The second-order valence-electron chi connectivity index (χ2n) is 6.63. The van der Waals surface area contributed by atoms with Crippen LogP contribution in [0.5, 0.6) is 0 Å². The Kier molecular flexibility index (Phi) is 8.27. The van der Waals surface area contributed by atoms with Crippen molar-refractivity contribution in [3.63, 3.8) is 0 Å². The van der Waals surface area contributed by atoms with Gasteiger partial charge in [0.15, 0.2) is 0 Å². The summed E-state index contributed by atoms with van der Waals surface area (Å²) in [4.78, 5) is 14.1. The minimum atomic E-state index is -3.17. The Morgan fingerprint density at radius 2 is 1.87 bits per heavy atom. The van der Waals surface area contributed by atoms with Crippen molar-refractivity contribution in [2.24, 2.45) is 11.7 Å². The number of likely N-dealkylation sites (tertiary alicyclic amines) is 1. The topological polar surface area (TPSA) is 83.7 Å². The van der Waals surface area contributed by atoms with Crippen LogP contribution in [-0.4, -0.2) is 61.5 Å². The second-order valence-corrected chi connectivity index (χ2v) is 8.72. The van der Waals surface area contributed by atoms with Crippen molar-refractivity contribution in [3.05, 3.63) is 0 Å². The van der Waals surface area contributed by atoms with Gasteiger partial charge in [0.1, 0.15) is 0 Å². The van der Waals surface area contributed by atoms with Gasteiger partial charge in [-0.05, 0) is 44.9 Å². The number of hydrogen-bond acceptors (Lipinski definition) is 4. The molecular formula is C15H30ClN3O3S. The molecule has 1 amide bonds. The van der Waals surface area contributed by atoms with Crippen molar-refractivity contribution in [3.8, 4) is 0 Å². The first-order valence-electron chi connectivity index (χ1n) is 8.41. The molecule has 2 aliphatic heterocycles. The van der Waals surface area contributed by atoms with Gasteiger partial charge in [0.05, 0.1) is 5.75 Å². The number of hydrogen-bond donors (Lipinski definition) is 1. The van der Waals surface area contributed by atoms with Gasteiger partial charge in [-0.1, -0.05) is 0 Å². The summed E-state index contributed by atoms with van der Waals surface area (Å²) in [7, 11) is -3.17. The maximum absolute atomic E-state index is 12.3. The molecule has 2 unspecified atom stereocenters. The van der Waals surface area contributed by atoms with Crippen LogP contribution in [0.4, 0.5) is 0 Å². The van der Waals surface area contributed by atoms with E-state index in [0.717, 1.165) is 38.8 Å². The van der Waals surface area contributed by atoms with E-state index in [-0.39, 0.29) is 30.1 Å². The summed E-state index contributed by atoms with van der Waals surface area (Å²) in [6.07, 6.45) is 4.69. The predicted octanol–water partition coefficient (Wildman–Crippen LogP) is 1.20. The van der Waals surface area contributed by atoms with Gasteiger partial charge < -0.3 is 10.6 Å². The van der Waals surface area contributed by atoms with Crippen molar-refractivity contribution < 1.29 is 13.2 Å². The lowest BCUT2D eigenvalue weighted by atomic mass is 9.92. The summed E-state index contributed by atoms with van der Waals surface area (Å²) in [5.41, 5.74) is 5.93. The van der Waals surface area contributed by atoms with Gasteiger partial charge in [0, 0.05) is 38.6 Å². The maximum atomic E-state index is 12.3. The molecule has 0 radical (unpaired) electrons. The van der Waals surface area contributed by atoms with E-state index in [2.05, 4.69) is 0 Å². The van der Waals surface area contributed by atoms with Crippen molar-refractivity contribution in [1.29, 1.82) is 0 Å². The molecule has 2 atom stereocenters. The number of nitrogens with zero attached hydrogens (tertiary/aromatic N) is 2. The van der Waals surface area contributed by atoms with E-state index in [9.17, 15) is 13.2 Å². The minimum Gasteiger partial charge on any atom is -0.342 e. The van der Waals surface area contributed by atoms with E-state index < -0.39 is 10.0 Å². The Hall–Kier alpha value is -0.370. The van der Waals surface area contributed by atoms with Crippen molar-refractivity contribution in [2.45, 2.75) is 51.5 Å². The smallest absolute Gasteiger partial charge is 0.222 e. The fourth-order valence-corrected chi connectivity index (χ4v) is 4.91. The first-order valence-corrected chi connectivity index (χ1v) is 10.0. The number of rotatable bonds is 6. The third-order valence-corrected chi connectivity index (χ3v) is 6.76. The molecule has 2 heterocycles. The van der Waals surface area contributed by atoms with Crippen LogP contribution in [0.25, 0.3) is 0 Å². The summed E-state index contributed by atoms with van der Waals surface area (Å²) in [5.74, 6) is 0.525. The third kappa shape index (κ3) is 5.89. The normalized spacial score (nSPS) is 24.3. The number of amides is 1. The van der Waals surface area contributed by atoms with Crippen molar-refractivity contribution in [2.75, 3.05) is 31.9 Å². The predicted molar refractivity (Wildman–Crippen MR) is 94.0 cm³/mol. The largest absolute Gasteiger partial charge is 0.342 e. The van der Waals surface area contributed by atoms with Gasteiger partial charge in [0.2, 0.25) is 15.9 Å². The van der Waals surface area contributed by atoms with Crippen LogP contribution in [0.2, 0.25) is 0 Å². The highest BCUT2D eigenvalue weighted by Gasteiger charge is 2.27. The Balaban J connectivity index is 0.00000264. The zero-order valence-electron chi connectivity index (χ0n) is 13.9. The number of carbonyl (C=O) groups excluding carboxylic acids is 1. The van der Waals surface area contributed by atoms with Crippen LogP contribution >= 0.6 is 12.4 Å². The van der Waals surface area contributed by atoms with Crippen LogP contribution in [-0.2, 0) is 14.8 Å². The quantitative estimate of drug-likeness (QED) is 0.764. The van der Waals surface area contributed by atoms with Crippen LogP contribution in [0, 0.1) is 5.92 Å². The zero-order valence-corrected chi connectivity index (χ0v) is 15.6. The Morgan fingerprint density at radius 3 is 2.48 bits per heavy atom. The van der Waals surface area contributed by atoms with Gasteiger partial charge in [0.25, 0.3) is 0 Å². The van der Waals surface area contributed by atoms with Crippen LogP contribution in [0.3, 0.4) is 0 Å². The molecule has 0 aliphatic carbocycles. The molecule has 2 rings (SSSR count). The average molecular weight is 368 g/mol. The molecule has 23 heavy (non-hydrogen) atoms. The average Bonchev–Trinajstić information content (AvgIpc) is 3.02. The number of halogens is 1. The van der Waals surface area contributed by atoms with Crippen LogP contribution in [0.15, 0.2) is 0 Å². The lowest BCUT2D eigenvalue weighted by Gasteiger charge is -2.34. The molecule has 0 spiro atoms. The molecule has 2 aliphatic rings. The number of nitrogens with two attached hydrogens (primary N) is 1. The molecule has 8 heteroatoms. The van der Waals surface area contributed by atoms with Gasteiger partial charge >= 0.3 is 0 Å². The van der Waals surface area contributed by atoms with E-state index in [0.29, 0.717) is 31.8 Å². The highest BCUT2D eigenvalue weighted by atomic mass is 35.5. The highest BCUT2D eigenvalue weighted by molar-refractivity contribution is 7.89. The monoisotopic (exact) mass is 367 g/mol. The molecular weight excluding hydrogens is 338 g/mol. The summed E-state index contributed by atoms with van der Waals surface area (Å²) >= 11 is 0. The van der Waals surface area contributed by atoms with Crippen molar-refractivity contribution in [1.82, 2.24) is 9.21 Å². The SMILES string of the molecule is CC(N)C1CCCN(C(=O)CCCS(=O)(=O)N2CCCC2)C1.Cl. The highest BCUT2D eigenvalue weighted by Crippen LogP contribution is 2.20. The molecule has 0 aromatic carbocycles. The molecule has 0 saturated carbocycles. The van der Waals surface area contributed by atoms with E-state index in [1.807, 2.05) is 11.8 Å². The molecule has 136 valence electrons. The minimum absolute atomic E-state index is 0. The molecule has 0 aromatic heterocycles. The molecule has 0 aromatic rings. The van der Waals surface area contributed by atoms with Gasteiger partial charge in [-0.25, -0.2) is 12.7 Å². The first-order chi connectivity index (χ1) is 10.4. The fourth-order valence-electron chi connectivity index (χ4n) is 3.32. The zero-order chi connectivity index (χ0) is 16.2. The molecule has 2 fully saturated rings. The number of carbonyl (C=O) groups is 1. The number of piperidine rings is 1. The van der Waals surface area contributed by atoms with Gasteiger partial charge in [-0.3, -0.25) is 4.79 Å². The summed E-state index contributed by atoms with van der Waals surface area (Å²) in [5, 5.41) is 0. The lowest BCUT2D eigenvalue weighted by Crippen LogP contribution is -2.45. The molecule has 0 bridgehead atoms. The second kappa shape index (κ2) is 9.20. The summed E-state index contributed by atoms with van der Waals surface area (Å²) in [6, 6.07) is 0.103. The Morgan fingerprint density at radius 1 is 1.22 bits per heavy atom. The maximum Gasteiger partial charge on any atom is 0.222 e. The first kappa shape index (κ1) is 20.7. The Bertz CT molecular complexity index is 478. The lowest BCUT2D eigenvalue weighted by molar-refractivity contribution is -0.133. The van der Waals surface area contributed by atoms with E-state index in [1.165, 1.54) is 0 Å².